The van der Waals surface area contributed by atoms with Crippen molar-refractivity contribution in [2.75, 3.05) is 11.9 Å². The summed E-state index contributed by atoms with van der Waals surface area (Å²) in [5.74, 6) is -0.273. The van der Waals surface area contributed by atoms with Crippen LogP contribution in [0.15, 0.2) is 24.3 Å². The van der Waals surface area contributed by atoms with Crippen LogP contribution in [-0.2, 0) is 4.74 Å². The van der Waals surface area contributed by atoms with Gasteiger partial charge in [0.1, 0.15) is 0 Å². The summed E-state index contributed by atoms with van der Waals surface area (Å²) in [6.07, 6.45) is 2.03. The fraction of sp³-hybridized carbons (Fsp3) is 0.462. The van der Waals surface area contributed by atoms with Crippen molar-refractivity contribution >= 4 is 11.7 Å². The summed E-state index contributed by atoms with van der Waals surface area (Å²) in [6, 6.07) is 8.16. The molecule has 1 aliphatic carbocycles. The van der Waals surface area contributed by atoms with Crippen LogP contribution in [0.3, 0.4) is 0 Å². The minimum absolute atomic E-state index is 0.273. The third-order valence-corrected chi connectivity index (χ3v) is 2.94. The maximum Gasteiger partial charge on any atom is 0.338 e. The number of rotatable bonds is 4. The molecule has 4 nitrogen and oxygen atoms in total. The van der Waals surface area contributed by atoms with Gasteiger partial charge in [-0.3, -0.25) is 0 Å². The van der Waals surface area contributed by atoms with Gasteiger partial charge in [-0.05, 0) is 44.0 Å². The first kappa shape index (κ1) is 11.9. The van der Waals surface area contributed by atoms with Crippen molar-refractivity contribution in [2.45, 2.75) is 31.8 Å². The van der Waals surface area contributed by atoms with Crippen LogP contribution in [0.4, 0.5) is 5.69 Å². The number of ether oxygens (including phenoxy) is 1. The van der Waals surface area contributed by atoms with Crippen molar-refractivity contribution in [3.8, 4) is 0 Å². The molecule has 3 N–H and O–H groups in total. The van der Waals surface area contributed by atoms with Crippen LogP contribution < -0.4 is 11.1 Å². The van der Waals surface area contributed by atoms with E-state index in [1.54, 1.807) is 19.1 Å². The highest BCUT2D eigenvalue weighted by Gasteiger charge is 2.25. The number of nitrogens with two attached hydrogens (primary N) is 1. The van der Waals surface area contributed by atoms with Gasteiger partial charge in [0, 0.05) is 17.8 Å². The zero-order valence-corrected chi connectivity index (χ0v) is 9.98. The van der Waals surface area contributed by atoms with Gasteiger partial charge in [0.25, 0.3) is 0 Å². The third kappa shape index (κ3) is 2.97. The number of carbonyl (C=O) groups is 1. The second-order valence-corrected chi connectivity index (χ2v) is 4.37. The molecule has 0 radical (unpaired) electrons. The lowest BCUT2D eigenvalue weighted by atomic mass is 9.87. The van der Waals surface area contributed by atoms with E-state index in [-0.39, 0.29) is 5.97 Å². The maximum atomic E-state index is 11.4. The second kappa shape index (κ2) is 5.19. The predicted molar refractivity (Wildman–Crippen MR) is 67.0 cm³/mol. The van der Waals surface area contributed by atoms with E-state index in [0.717, 1.165) is 18.5 Å². The summed E-state index contributed by atoms with van der Waals surface area (Å²) >= 11 is 0. The van der Waals surface area contributed by atoms with E-state index in [9.17, 15) is 4.79 Å². The highest BCUT2D eigenvalue weighted by Crippen LogP contribution is 2.22. The van der Waals surface area contributed by atoms with Gasteiger partial charge in [0.05, 0.1) is 12.2 Å². The molecule has 4 heteroatoms. The van der Waals surface area contributed by atoms with E-state index in [0.29, 0.717) is 24.3 Å². The summed E-state index contributed by atoms with van der Waals surface area (Å²) in [4.78, 5) is 11.4. The molecule has 0 saturated heterocycles. The lowest BCUT2D eigenvalue weighted by Gasteiger charge is -2.33. The summed E-state index contributed by atoms with van der Waals surface area (Å²) in [7, 11) is 0. The average Bonchev–Trinajstić information content (AvgIpc) is 2.28. The highest BCUT2D eigenvalue weighted by atomic mass is 16.5. The monoisotopic (exact) mass is 234 g/mol. The van der Waals surface area contributed by atoms with Crippen LogP contribution >= 0.6 is 0 Å². The maximum absolute atomic E-state index is 11.4. The zero-order valence-electron chi connectivity index (χ0n) is 9.98. The Morgan fingerprint density at radius 1 is 1.41 bits per heavy atom. The smallest absolute Gasteiger partial charge is 0.338 e. The van der Waals surface area contributed by atoms with E-state index < -0.39 is 0 Å². The number of hydrogen-bond acceptors (Lipinski definition) is 4. The number of esters is 1. The van der Waals surface area contributed by atoms with Gasteiger partial charge in [0.15, 0.2) is 0 Å². The molecule has 1 aromatic rings. The molecule has 0 aromatic heterocycles. The van der Waals surface area contributed by atoms with Crippen molar-refractivity contribution < 1.29 is 9.53 Å². The molecule has 17 heavy (non-hydrogen) atoms. The molecule has 0 spiro atoms. The van der Waals surface area contributed by atoms with Gasteiger partial charge in [-0.2, -0.15) is 0 Å². The second-order valence-electron chi connectivity index (χ2n) is 4.37. The highest BCUT2D eigenvalue weighted by molar-refractivity contribution is 5.89. The molecule has 0 atom stereocenters. The summed E-state index contributed by atoms with van der Waals surface area (Å²) in [5.41, 5.74) is 7.33. The van der Waals surface area contributed by atoms with Gasteiger partial charge < -0.3 is 15.8 Å². The van der Waals surface area contributed by atoms with Crippen LogP contribution in [0.25, 0.3) is 0 Å². The Labute approximate surface area is 101 Å². The van der Waals surface area contributed by atoms with Gasteiger partial charge in [-0.1, -0.05) is 0 Å². The molecule has 0 aliphatic heterocycles. The quantitative estimate of drug-likeness (QED) is 0.779. The Kier molecular flexibility index (Phi) is 3.64. The molecule has 0 amide bonds. The van der Waals surface area contributed by atoms with Crippen molar-refractivity contribution in [3.63, 3.8) is 0 Å². The zero-order chi connectivity index (χ0) is 12.3. The van der Waals surface area contributed by atoms with Gasteiger partial charge in [0.2, 0.25) is 0 Å². The molecule has 1 fully saturated rings. The summed E-state index contributed by atoms with van der Waals surface area (Å²) < 4.78 is 4.92. The predicted octanol–water partition coefficient (Wildman–Crippen LogP) is 1.76. The SMILES string of the molecule is CCOC(=O)c1ccc(NC2CC(N)C2)cc1. The lowest BCUT2D eigenvalue weighted by molar-refractivity contribution is 0.0526. The number of nitrogens with one attached hydrogen (secondary N) is 1. The minimum Gasteiger partial charge on any atom is -0.462 e. The molecule has 1 aromatic carbocycles. The molecular formula is C13H18N2O2. The Morgan fingerprint density at radius 2 is 2.06 bits per heavy atom. The third-order valence-electron chi connectivity index (χ3n) is 2.94. The molecule has 2 rings (SSSR count). The Bertz CT molecular complexity index is 383. The average molecular weight is 234 g/mol. The number of carbonyl (C=O) groups excluding carboxylic acids is 1. The van der Waals surface area contributed by atoms with Crippen LogP contribution in [-0.4, -0.2) is 24.7 Å². The van der Waals surface area contributed by atoms with E-state index in [4.69, 9.17) is 10.5 Å². The number of anilines is 1. The van der Waals surface area contributed by atoms with Crippen LogP contribution in [0.1, 0.15) is 30.1 Å². The van der Waals surface area contributed by atoms with E-state index in [2.05, 4.69) is 5.32 Å². The van der Waals surface area contributed by atoms with Crippen molar-refractivity contribution in [3.05, 3.63) is 29.8 Å². The molecule has 0 heterocycles. The standard InChI is InChI=1S/C13H18N2O2/c1-2-17-13(16)9-3-5-11(6-4-9)15-12-7-10(14)8-12/h3-6,10,12,15H,2,7-8,14H2,1H3. The van der Waals surface area contributed by atoms with Crippen LogP contribution in [0.5, 0.6) is 0 Å². The van der Waals surface area contributed by atoms with E-state index >= 15 is 0 Å². The fourth-order valence-corrected chi connectivity index (χ4v) is 1.93. The Balaban J connectivity index is 1.91. The first-order valence-corrected chi connectivity index (χ1v) is 5.98. The molecule has 92 valence electrons. The number of hydrogen-bond donors (Lipinski definition) is 2. The summed E-state index contributed by atoms with van der Waals surface area (Å²) in [5, 5.41) is 3.37. The summed E-state index contributed by atoms with van der Waals surface area (Å²) in [6.45, 7) is 2.20. The first-order valence-electron chi connectivity index (χ1n) is 5.98. The van der Waals surface area contributed by atoms with Crippen molar-refractivity contribution in [1.82, 2.24) is 0 Å². The van der Waals surface area contributed by atoms with Gasteiger partial charge >= 0.3 is 5.97 Å². The normalized spacial score (nSPS) is 22.7. The number of benzene rings is 1. The first-order chi connectivity index (χ1) is 8.19. The molecule has 1 saturated carbocycles. The van der Waals surface area contributed by atoms with Crippen LogP contribution in [0, 0.1) is 0 Å². The van der Waals surface area contributed by atoms with Crippen molar-refractivity contribution in [1.29, 1.82) is 0 Å². The molecule has 0 bridgehead atoms. The largest absolute Gasteiger partial charge is 0.462 e. The van der Waals surface area contributed by atoms with Crippen LogP contribution in [0.2, 0.25) is 0 Å². The van der Waals surface area contributed by atoms with E-state index in [1.165, 1.54) is 0 Å². The van der Waals surface area contributed by atoms with Gasteiger partial charge in [-0.25, -0.2) is 4.79 Å². The topological polar surface area (TPSA) is 64.3 Å². The van der Waals surface area contributed by atoms with Gasteiger partial charge in [-0.15, -0.1) is 0 Å². The van der Waals surface area contributed by atoms with E-state index in [1.807, 2.05) is 12.1 Å². The minimum atomic E-state index is -0.273. The Morgan fingerprint density at radius 3 is 2.59 bits per heavy atom. The lowest BCUT2D eigenvalue weighted by Crippen LogP contribution is -2.44. The molecule has 1 aliphatic rings. The molecular weight excluding hydrogens is 216 g/mol. The Hall–Kier alpha value is -1.55. The molecule has 0 unspecified atom stereocenters. The van der Waals surface area contributed by atoms with Crippen molar-refractivity contribution in [2.24, 2.45) is 5.73 Å². The fourth-order valence-electron chi connectivity index (χ4n) is 1.93.